The number of fused-ring (bicyclic) bond motifs is 1. The molecule has 0 bridgehead atoms. The number of nitro benzene ring substituents is 1. The predicted molar refractivity (Wildman–Crippen MR) is 91.4 cm³/mol. The molecule has 0 saturated heterocycles. The van der Waals surface area contributed by atoms with Gasteiger partial charge in [-0.1, -0.05) is 19.6 Å². The van der Waals surface area contributed by atoms with E-state index < -0.39 is 16.7 Å². The van der Waals surface area contributed by atoms with Crippen LogP contribution in [0.5, 0.6) is 5.75 Å². The van der Waals surface area contributed by atoms with Crippen LogP contribution in [-0.2, 0) is 4.79 Å². The van der Waals surface area contributed by atoms with Gasteiger partial charge in [-0.25, -0.2) is 0 Å². The Morgan fingerprint density at radius 1 is 1.31 bits per heavy atom. The van der Waals surface area contributed by atoms with Crippen molar-refractivity contribution in [1.82, 2.24) is 10.3 Å². The van der Waals surface area contributed by atoms with E-state index in [1.807, 2.05) is 0 Å². The summed E-state index contributed by atoms with van der Waals surface area (Å²) in [5, 5.41) is 27.3. The Labute approximate surface area is 148 Å². The van der Waals surface area contributed by atoms with E-state index in [0.717, 1.165) is 0 Å². The van der Waals surface area contributed by atoms with Gasteiger partial charge in [-0.2, -0.15) is 0 Å². The van der Waals surface area contributed by atoms with E-state index >= 15 is 0 Å². The monoisotopic (exact) mass is 354 g/mol. The second-order valence-corrected chi connectivity index (χ2v) is 6.08. The Hall–Kier alpha value is -3.42. The maximum absolute atomic E-state index is 12.9. The molecule has 134 valence electrons. The molecule has 0 aliphatic heterocycles. The summed E-state index contributed by atoms with van der Waals surface area (Å²) in [7, 11) is 0. The first-order valence-electron chi connectivity index (χ1n) is 7.97. The maximum atomic E-state index is 12.9. The van der Waals surface area contributed by atoms with E-state index in [4.69, 9.17) is 4.42 Å². The second-order valence-electron chi connectivity index (χ2n) is 6.08. The Morgan fingerprint density at radius 3 is 2.69 bits per heavy atom. The molecule has 1 aromatic carbocycles. The molecule has 2 heterocycles. The number of carbonyl (C=O) groups excluding carboxylic acids is 1. The zero-order chi connectivity index (χ0) is 18.8. The van der Waals surface area contributed by atoms with Crippen LogP contribution >= 0.6 is 0 Å². The highest BCUT2D eigenvalue weighted by molar-refractivity contribution is 5.93. The Kier molecular flexibility index (Phi) is 4.57. The smallest absolute Gasteiger partial charge is 0.279 e. The molecule has 0 unspecified atom stereocenters. The van der Waals surface area contributed by atoms with Crippen LogP contribution in [0, 0.1) is 16.0 Å². The number of amides is 1. The van der Waals surface area contributed by atoms with Gasteiger partial charge in [0.05, 0.1) is 22.1 Å². The topological polar surface area (TPSA) is 121 Å². The fraction of sp³-hybridized carbons (Fsp3) is 0.222. The normalized spacial score (nSPS) is 12.3. The van der Waals surface area contributed by atoms with Crippen molar-refractivity contribution in [2.24, 2.45) is 5.92 Å². The summed E-state index contributed by atoms with van der Waals surface area (Å²) < 4.78 is 5.35. The van der Waals surface area contributed by atoms with E-state index in [1.54, 1.807) is 26.0 Å². The van der Waals surface area contributed by atoms with E-state index in [2.05, 4.69) is 10.3 Å². The van der Waals surface area contributed by atoms with Crippen molar-refractivity contribution in [2.45, 2.75) is 19.9 Å². The quantitative estimate of drug-likeness (QED) is 0.555. The number of furan rings is 1. The van der Waals surface area contributed by atoms with Gasteiger partial charge in [-0.3, -0.25) is 19.9 Å². The molecule has 0 fully saturated rings. The van der Waals surface area contributed by atoms with Gasteiger partial charge in [0.25, 0.3) is 5.69 Å². The van der Waals surface area contributed by atoms with Gasteiger partial charge >= 0.3 is 0 Å². The lowest BCUT2D eigenvalue weighted by molar-refractivity contribution is -0.383. The number of aromatic nitrogens is 1. The van der Waals surface area contributed by atoms with Crippen molar-refractivity contribution in [3.8, 4) is 5.75 Å². The molecule has 2 aromatic heterocycles. The van der Waals surface area contributed by atoms with Gasteiger partial charge in [0.1, 0.15) is 11.8 Å². The average Bonchev–Trinajstić information content (AvgIpc) is 3.14. The first kappa shape index (κ1) is 17.4. The third kappa shape index (κ3) is 3.08. The molecule has 0 radical (unpaired) electrons. The van der Waals surface area contributed by atoms with Gasteiger partial charge < -0.3 is 14.8 Å². The van der Waals surface area contributed by atoms with Gasteiger partial charge in [0.2, 0.25) is 5.91 Å². The third-order valence-electron chi connectivity index (χ3n) is 4.00. The van der Waals surface area contributed by atoms with Crippen molar-refractivity contribution in [3.05, 3.63) is 64.2 Å². The number of benzene rings is 1. The van der Waals surface area contributed by atoms with Gasteiger partial charge in [0.15, 0.2) is 0 Å². The SMILES string of the molecule is CC(C)C(=O)N[C@H](c1ccco1)c1cc([N+](=O)[O-])c2cccnc2c1[O-]. The van der Waals surface area contributed by atoms with Crippen LogP contribution in [0.4, 0.5) is 5.69 Å². The number of hydrogen-bond donors (Lipinski definition) is 1. The van der Waals surface area contributed by atoms with Crippen LogP contribution in [0.15, 0.2) is 47.2 Å². The average molecular weight is 354 g/mol. The number of hydrogen-bond acceptors (Lipinski definition) is 6. The van der Waals surface area contributed by atoms with Gasteiger partial charge in [0, 0.05) is 18.2 Å². The summed E-state index contributed by atoms with van der Waals surface area (Å²) in [6, 6.07) is 6.44. The van der Waals surface area contributed by atoms with Crippen LogP contribution in [0.3, 0.4) is 0 Å². The molecule has 0 aliphatic carbocycles. The molecule has 3 rings (SSSR count). The molecule has 8 nitrogen and oxygen atoms in total. The minimum absolute atomic E-state index is 0.0212. The van der Waals surface area contributed by atoms with Crippen molar-refractivity contribution in [3.63, 3.8) is 0 Å². The molecule has 8 heteroatoms. The van der Waals surface area contributed by atoms with Crippen molar-refractivity contribution in [2.75, 3.05) is 0 Å². The number of nitrogens with zero attached hydrogens (tertiary/aromatic N) is 2. The lowest BCUT2D eigenvalue weighted by Crippen LogP contribution is -2.32. The molecular formula is C18H16N3O5-. The molecule has 1 atom stereocenters. The van der Waals surface area contributed by atoms with Crippen LogP contribution < -0.4 is 10.4 Å². The molecule has 26 heavy (non-hydrogen) atoms. The molecule has 1 N–H and O–H groups in total. The van der Waals surface area contributed by atoms with E-state index in [-0.39, 0.29) is 34.0 Å². The summed E-state index contributed by atoms with van der Waals surface area (Å²) in [4.78, 5) is 27.1. The Balaban J connectivity index is 2.23. The number of nitro groups is 1. The minimum atomic E-state index is -0.947. The summed E-state index contributed by atoms with van der Waals surface area (Å²) in [6.07, 6.45) is 2.80. The first-order chi connectivity index (χ1) is 12.4. The fourth-order valence-electron chi connectivity index (χ4n) is 2.65. The lowest BCUT2D eigenvalue weighted by Gasteiger charge is -2.24. The highest BCUT2D eigenvalue weighted by Crippen LogP contribution is 2.38. The Bertz CT molecular complexity index is 966. The highest BCUT2D eigenvalue weighted by Gasteiger charge is 2.26. The van der Waals surface area contributed by atoms with Crippen molar-refractivity contribution < 1.29 is 19.2 Å². The van der Waals surface area contributed by atoms with Crippen LogP contribution in [0.1, 0.15) is 31.2 Å². The summed E-state index contributed by atoms with van der Waals surface area (Å²) in [5.41, 5.74) is -0.239. The number of non-ortho nitro benzene ring substituents is 1. The largest absolute Gasteiger partial charge is 0.871 e. The number of carbonyl (C=O) groups is 1. The van der Waals surface area contributed by atoms with Crippen LogP contribution in [-0.4, -0.2) is 15.8 Å². The molecule has 0 aliphatic rings. The zero-order valence-corrected chi connectivity index (χ0v) is 14.1. The highest BCUT2D eigenvalue weighted by atomic mass is 16.6. The van der Waals surface area contributed by atoms with Crippen LogP contribution in [0.2, 0.25) is 0 Å². The molecular weight excluding hydrogens is 338 g/mol. The maximum Gasteiger partial charge on any atom is 0.279 e. The number of pyridine rings is 1. The number of nitrogens with one attached hydrogen (secondary N) is 1. The predicted octanol–water partition coefficient (Wildman–Crippen LogP) is 2.67. The summed E-state index contributed by atoms with van der Waals surface area (Å²) >= 11 is 0. The van der Waals surface area contributed by atoms with Gasteiger partial charge in [-0.15, -0.1) is 0 Å². The van der Waals surface area contributed by atoms with Gasteiger partial charge in [-0.05, 0) is 29.8 Å². The standard InChI is InChI=1S/C18H17N3O5/c1-10(2)18(23)20-15(14-6-4-8-26-14)12-9-13(21(24)25)11-5-3-7-19-16(11)17(12)22/h3-10,15,22H,1-2H3,(H,20,23)/p-1/t15-/m0/s1. The first-order valence-corrected chi connectivity index (χ1v) is 7.97. The molecule has 3 aromatic rings. The van der Waals surface area contributed by atoms with Crippen molar-refractivity contribution in [1.29, 1.82) is 0 Å². The molecule has 0 saturated carbocycles. The van der Waals surface area contributed by atoms with E-state index in [9.17, 15) is 20.0 Å². The third-order valence-corrected chi connectivity index (χ3v) is 4.00. The lowest BCUT2D eigenvalue weighted by atomic mass is 9.98. The molecule has 0 spiro atoms. The summed E-state index contributed by atoms with van der Waals surface area (Å²) in [6.45, 7) is 3.41. The minimum Gasteiger partial charge on any atom is -0.871 e. The Morgan fingerprint density at radius 2 is 2.08 bits per heavy atom. The number of rotatable bonds is 5. The van der Waals surface area contributed by atoms with E-state index in [0.29, 0.717) is 5.76 Å². The van der Waals surface area contributed by atoms with E-state index in [1.165, 1.54) is 30.7 Å². The molecule has 1 amide bonds. The summed E-state index contributed by atoms with van der Waals surface area (Å²) in [5.74, 6) is -0.831. The zero-order valence-electron chi connectivity index (χ0n) is 14.1. The van der Waals surface area contributed by atoms with Crippen LogP contribution in [0.25, 0.3) is 10.9 Å². The van der Waals surface area contributed by atoms with Crippen molar-refractivity contribution >= 4 is 22.5 Å². The second kappa shape index (κ2) is 6.83. The fourth-order valence-corrected chi connectivity index (χ4v) is 2.65.